The maximum Gasteiger partial charge on any atom is 0.256 e. The minimum atomic E-state index is -1.28. The van der Waals surface area contributed by atoms with E-state index in [-0.39, 0.29) is 24.8 Å². The van der Waals surface area contributed by atoms with E-state index in [2.05, 4.69) is 13.8 Å². The van der Waals surface area contributed by atoms with Gasteiger partial charge in [0.25, 0.3) is 11.8 Å². The van der Waals surface area contributed by atoms with Crippen molar-refractivity contribution in [3.8, 4) is 0 Å². The lowest BCUT2D eigenvalue weighted by Crippen LogP contribution is -2.43. The van der Waals surface area contributed by atoms with Crippen LogP contribution in [0, 0.1) is 0 Å². The van der Waals surface area contributed by atoms with E-state index in [1.165, 1.54) is 11.0 Å². The van der Waals surface area contributed by atoms with E-state index in [9.17, 15) is 9.59 Å². The molecule has 0 aromatic heterocycles. The minimum absolute atomic E-state index is 0.136. The zero-order valence-corrected chi connectivity index (χ0v) is 18.7. The van der Waals surface area contributed by atoms with Crippen LogP contribution in [0.25, 0.3) is 0 Å². The van der Waals surface area contributed by atoms with E-state index in [4.69, 9.17) is 19.6 Å². The molecule has 0 aromatic carbocycles. The summed E-state index contributed by atoms with van der Waals surface area (Å²) in [5.41, 5.74) is -0.583. The first-order valence-corrected chi connectivity index (χ1v) is 10.1. The van der Waals surface area contributed by atoms with Gasteiger partial charge in [-0.15, -0.1) is 0 Å². The molecule has 28 heavy (non-hydrogen) atoms. The maximum absolute atomic E-state index is 12.1. The van der Waals surface area contributed by atoms with E-state index in [0.29, 0.717) is 5.57 Å². The number of carbonyl (C=O) groups excluding carboxylic acids is 2. The van der Waals surface area contributed by atoms with Gasteiger partial charge in [-0.25, -0.2) is 9.78 Å². The molecule has 7 nitrogen and oxygen atoms in total. The third kappa shape index (κ3) is 7.62. The summed E-state index contributed by atoms with van der Waals surface area (Å²) in [6.07, 6.45) is 5.03. The van der Waals surface area contributed by atoms with Gasteiger partial charge in [-0.3, -0.25) is 14.5 Å². The van der Waals surface area contributed by atoms with Crippen molar-refractivity contribution in [2.24, 2.45) is 0 Å². The van der Waals surface area contributed by atoms with Gasteiger partial charge >= 0.3 is 0 Å². The van der Waals surface area contributed by atoms with Gasteiger partial charge in [0, 0.05) is 24.6 Å². The number of hydrogen-bond donors (Lipinski definition) is 0. The molecule has 0 fully saturated rings. The second kappa shape index (κ2) is 9.96. The quantitative estimate of drug-likeness (QED) is 0.197. The van der Waals surface area contributed by atoms with Gasteiger partial charge in [0.05, 0.1) is 11.2 Å². The third-order valence-electron chi connectivity index (χ3n) is 4.57. The van der Waals surface area contributed by atoms with Crippen LogP contribution in [0.5, 0.6) is 0 Å². The number of rotatable bonds is 13. The summed E-state index contributed by atoms with van der Waals surface area (Å²) < 4.78 is 0. The molecule has 0 unspecified atom stereocenters. The minimum Gasteiger partial charge on any atom is -0.275 e. The number of amides is 2. The molecular weight excluding hydrogens is 362 g/mol. The van der Waals surface area contributed by atoms with Crippen LogP contribution in [0.1, 0.15) is 87.5 Å². The van der Waals surface area contributed by atoms with Crippen molar-refractivity contribution < 1.29 is 29.1 Å². The summed E-state index contributed by atoms with van der Waals surface area (Å²) in [7, 11) is 0. The molecule has 1 rings (SSSR count). The Balaban J connectivity index is 2.81. The normalized spacial score (nSPS) is 16.1. The van der Waals surface area contributed by atoms with Gasteiger partial charge in [-0.2, -0.15) is 9.78 Å². The maximum atomic E-state index is 12.1. The molecule has 0 N–H and O–H groups in total. The molecular formula is C21H37NO6. The van der Waals surface area contributed by atoms with E-state index >= 15 is 0 Å². The molecule has 1 aliphatic heterocycles. The molecule has 162 valence electrons. The number of imide groups is 1. The van der Waals surface area contributed by atoms with Crippen molar-refractivity contribution in [3.05, 3.63) is 11.6 Å². The molecule has 0 atom stereocenters. The first kappa shape index (κ1) is 24.8. The van der Waals surface area contributed by atoms with Gasteiger partial charge in [0.2, 0.25) is 5.79 Å². The second-order valence-corrected chi connectivity index (χ2v) is 8.86. The summed E-state index contributed by atoms with van der Waals surface area (Å²) in [5, 5.41) is 0. The predicted molar refractivity (Wildman–Crippen MR) is 106 cm³/mol. The summed E-state index contributed by atoms with van der Waals surface area (Å²) >= 11 is 0. The third-order valence-corrected chi connectivity index (χ3v) is 4.57. The lowest BCUT2D eigenvalue weighted by Gasteiger charge is -2.35. The van der Waals surface area contributed by atoms with Crippen LogP contribution in [-0.2, 0) is 29.1 Å². The molecule has 0 bridgehead atoms. The van der Waals surface area contributed by atoms with Crippen LogP contribution >= 0.6 is 0 Å². The van der Waals surface area contributed by atoms with Gasteiger partial charge < -0.3 is 0 Å². The Morgan fingerprint density at radius 1 is 0.821 bits per heavy atom. The number of hydrogen-bond acceptors (Lipinski definition) is 6. The molecule has 7 heteroatoms. The van der Waals surface area contributed by atoms with Gasteiger partial charge in [-0.1, -0.05) is 26.7 Å². The van der Waals surface area contributed by atoms with E-state index in [1.54, 1.807) is 13.8 Å². The molecule has 0 spiro atoms. The van der Waals surface area contributed by atoms with Crippen molar-refractivity contribution in [1.29, 1.82) is 0 Å². The van der Waals surface area contributed by atoms with Crippen LogP contribution in [0.4, 0.5) is 0 Å². The highest BCUT2D eigenvalue weighted by Crippen LogP contribution is 2.28. The predicted octanol–water partition coefficient (Wildman–Crippen LogP) is 4.46. The van der Waals surface area contributed by atoms with Gasteiger partial charge in [0.15, 0.2) is 0 Å². The number of carbonyl (C=O) groups is 2. The summed E-state index contributed by atoms with van der Waals surface area (Å²) in [6, 6.07) is 0. The Morgan fingerprint density at radius 2 is 1.29 bits per heavy atom. The molecule has 1 heterocycles. The molecule has 0 radical (unpaired) electrons. The Bertz CT molecular complexity index is 559. The molecule has 0 saturated carbocycles. The van der Waals surface area contributed by atoms with Gasteiger partial charge in [-0.05, 0) is 54.4 Å². The fraction of sp³-hybridized carbons (Fsp3) is 0.810. The Labute approximate surface area is 169 Å². The van der Waals surface area contributed by atoms with E-state index < -0.39 is 17.0 Å². The fourth-order valence-corrected chi connectivity index (χ4v) is 2.95. The SMILES string of the molecule is CCCC(C)(C)OOC(C)(CCN1C(=O)C=C(C)C1=O)OOC(C)(C)CCC. The van der Waals surface area contributed by atoms with Crippen LogP contribution in [0.15, 0.2) is 11.6 Å². The van der Waals surface area contributed by atoms with Crippen LogP contribution < -0.4 is 0 Å². The smallest absolute Gasteiger partial charge is 0.256 e. The second-order valence-electron chi connectivity index (χ2n) is 8.86. The molecule has 0 aromatic rings. The summed E-state index contributed by atoms with van der Waals surface area (Å²) in [4.78, 5) is 47.9. The average molecular weight is 400 g/mol. The monoisotopic (exact) mass is 399 g/mol. The van der Waals surface area contributed by atoms with Crippen LogP contribution in [-0.4, -0.2) is 40.2 Å². The zero-order valence-electron chi connectivity index (χ0n) is 18.7. The van der Waals surface area contributed by atoms with Crippen molar-refractivity contribution in [2.45, 2.75) is 104 Å². The zero-order chi connectivity index (χ0) is 21.6. The van der Waals surface area contributed by atoms with Gasteiger partial charge in [0.1, 0.15) is 0 Å². The summed E-state index contributed by atoms with van der Waals surface area (Å²) in [5.74, 6) is -1.91. The van der Waals surface area contributed by atoms with E-state index in [1.807, 2.05) is 27.7 Å². The molecule has 2 amide bonds. The largest absolute Gasteiger partial charge is 0.275 e. The topological polar surface area (TPSA) is 74.3 Å². The van der Waals surface area contributed by atoms with E-state index in [0.717, 1.165) is 25.7 Å². The Hall–Kier alpha value is -1.28. The van der Waals surface area contributed by atoms with Crippen molar-refractivity contribution in [2.75, 3.05) is 6.54 Å². The molecule has 1 aliphatic rings. The van der Waals surface area contributed by atoms with Crippen LogP contribution in [0.3, 0.4) is 0 Å². The highest BCUT2D eigenvalue weighted by molar-refractivity contribution is 6.15. The molecule has 0 aliphatic carbocycles. The Morgan fingerprint density at radius 3 is 1.64 bits per heavy atom. The van der Waals surface area contributed by atoms with Crippen LogP contribution in [0.2, 0.25) is 0 Å². The fourth-order valence-electron chi connectivity index (χ4n) is 2.95. The first-order valence-electron chi connectivity index (χ1n) is 10.1. The molecule has 0 saturated heterocycles. The highest BCUT2D eigenvalue weighted by atomic mass is 17.3. The lowest BCUT2D eigenvalue weighted by atomic mass is 10.0. The van der Waals surface area contributed by atoms with Crippen molar-refractivity contribution >= 4 is 11.8 Å². The number of nitrogens with zero attached hydrogens (tertiary/aromatic N) is 1. The summed E-state index contributed by atoms with van der Waals surface area (Å²) in [6.45, 7) is 15.3. The lowest BCUT2D eigenvalue weighted by molar-refractivity contribution is -0.540. The van der Waals surface area contributed by atoms with Crippen molar-refractivity contribution in [3.63, 3.8) is 0 Å². The first-order chi connectivity index (χ1) is 12.8. The standard InChI is InChI=1S/C21H37NO6/c1-9-11-19(4,5)25-27-21(8,28-26-20(6,7)12-10-2)13-14-22-17(23)15-16(3)18(22)24/h15H,9-14H2,1-8H3. The highest BCUT2D eigenvalue weighted by Gasteiger charge is 2.38. The average Bonchev–Trinajstić information content (AvgIpc) is 2.82. The van der Waals surface area contributed by atoms with Crippen molar-refractivity contribution in [1.82, 2.24) is 4.90 Å². The Kier molecular flexibility index (Phi) is 8.81.